The van der Waals surface area contributed by atoms with Crippen molar-refractivity contribution in [1.29, 1.82) is 0 Å². The first kappa shape index (κ1) is 31.1. The number of benzene rings is 3. The molecule has 0 heterocycles. The summed E-state index contributed by atoms with van der Waals surface area (Å²) in [7, 11) is -5.08. The van der Waals surface area contributed by atoms with Gasteiger partial charge in [-0.1, -0.05) is 75.2 Å². The second-order valence-corrected chi connectivity index (χ2v) is 10.5. The third-order valence-electron chi connectivity index (χ3n) is 5.74. The summed E-state index contributed by atoms with van der Waals surface area (Å²) >= 11 is 0. The zero-order valence-electron chi connectivity index (χ0n) is 21.8. The van der Waals surface area contributed by atoms with Gasteiger partial charge in [0.15, 0.2) is 0 Å². The molecule has 0 bridgehead atoms. The zero-order valence-corrected chi connectivity index (χ0v) is 22.7. The van der Waals surface area contributed by atoms with Crippen LogP contribution in [0.5, 0.6) is 11.5 Å². The lowest BCUT2D eigenvalue weighted by molar-refractivity contribution is -0.152. The lowest BCUT2D eigenvalue weighted by Gasteiger charge is -2.27. The van der Waals surface area contributed by atoms with Crippen LogP contribution in [0.25, 0.3) is 0 Å². The molecule has 0 aliphatic rings. The van der Waals surface area contributed by atoms with Crippen molar-refractivity contribution in [3.63, 3.8) is 0 Å². The Balaban J connectivity index is 2.04. The number of halogens is 5. The van der Waals surface area contributed by atoms with Gasteiger partial charge in [0.1, 0.15) is 17.9 Å². The number of hydrogen-bond donors (Lipinski definition) is 1. The lowest BCUT2D eigenvalue weighted by Crippen LogP contribution is -2.41. The highest BCUT2D eigenvalue weighted by atomic mass is 31.2. The Kier molecular flexibility index (Phi) is 11.1. The molecule has 12 heteroatoms. The standard InChI is InChI=1S/C28H29F5NO5P/c1-3-11-19(12-4-2)37-28(35)21(17-18-13-7-5-8-14-18)34-40(36,38-20-15-9-6-10-16-20)39-27-25(32)23(30)22(29)24(31)26(27)33/h5-10,13-16,19,21H,3-4,11-12,17H2,1-2H3,(H,34,36)/t21-,40-/m0/s1. The molecule has 0 amide bonds. The molecule has 3 aromatic carbocycles. The van der Waals surface area contributed by atoms with Gasteiger partial charge in [-0.25, -0.2) is 17.7 Å². The maximum absolute atomic E-state index is 14.5. The summed E-state index contributed by atoms with van der Waals surface area (Å²) in [6.45, 7) is 3.83. The van der Waals surface area contributed by atoms with Gasteiger partial charge in [-0.2, -0.15) is 13.9 Å². The van der Waals surface area contributed by atoms with Crippen LogP contribution in [0.2, 0.25) is 0 Å². The summed E-state index contributed by atoms with van der Waals surface area (Å²) in [4.78, 5) is 13.3. The first-order valence-corrected chi connectivity index (χ1v) is 14.2. The van der Waals surface area contributed by atoms with E-state index < -0.39 is 60.7 Å². The van der Waals surface area contributed by atoms with Gasteiger partial charge >= 0.3 is 13.7 Å². The summed E-state index contributed by atoms with van der Waals surface area (Å²) in [5, 5.41) is 2.34. The van der Waals surface area contributed by atoms with Crippen LogP contribution in [0.4, 0.5) is 22.0 Å². The smallest absolute Gasteiger partial charge is 0.461 e. The van der Waals surface area contributed by atoms with Crippen molar-refractivity contribution in [3.8, 4) is 11.5 Å². The third-order valence-corrected chi connectivity index (χ3v) is 7.24. The Hall–Kier alpha value is -3.43. The second kappa shape index (κ2) is 14.3. The van der Waals surface area contributed by atoms with Crippen LogP contribution in [0.15, 0.2) is 60.7 Å². The number of hydrogen-bond acceptors (Lipinski definition) is 5. The molecule has 3 rings (SSSR count). The summed E-state index contributed by atoms with van der Waals surface area (Å²) in [5.74, 6) is -14.6. The summed E-state index contributed by atoms with van der Waals surface area (Å²) in [6, 6.07) is 14.2. The van der Waals surface area contributed by atoms with E-state index >= 15 is 0 Å². The molecule has 6 nitrogen and oxygen atoms in total. The Bertz CT molecular complexity index is 1290. The maximum Gasteiger partial charge on any atom is 0.513 e. The number of carbonyl (C=O) groups excluding carboxylic acids is 1. The summed E-state index contributed by atoms with van der Waals surface area (Å²) in [6.07, 6.45) is 1.94. The van der Waals surface area contributed by atoms with Crippen molar-refractivity contribution in [2.24, 2.45) is 0 Å². The SMILES string of the molecule is CCCC(CCC)OC(=O)[C@H](Cc1ccccc1)N[P@](=O)(Oc1ccccc1)Oc1c(F)c(F)c(F)c(F)c1F. The fourth-order valence-corrected chi connectivity index (χ4v) is 5.37. The van der Waals surface area contributed by atoms with Crippen molar-refractivity contribution in [3.05, 3.63) is 95.3 Å². The molecule has 0 saturated heterocycles. The minimum atomic E-state index is -5.08. The van der Waals surface area contributed by atoms with Crippen LogP contribution in [0.1, 0.15) is 45.1 Å². The lowest BCUT2D eigenvalue weighted by atomic mass is 10.1. The molecule has 0 unspecified atom stereocenters. The van der Waals surface area contributed by atoms with E-state index in [9.17, 15) is 31.3 Å². The Morgan fingerprint density at radius 2 is 1.27 bits per heavy atom. The van der Waals surface area contributed by atoms with Crippen molar-refractivity contribution < 1.29 is 45.1 Å². The number of rotatable bonds is 14. The van der Waals surface area contributed by atoms with Gasteiger partial charge < -0.3 is 13.8 Å². The predicted octanol–water partition coefficient (Wildman–Crippen LogP) is 7.66. The highest BCUT2D eigenvalue weighted by Gasteiger charge is 2.40. The minimum absolute atomic E-state index is 0.132. The second-order valence-electron chi connectivity index (χ2n) is 8.90. The fraction of sp³-hybridized carbons (Fsp3) is 0.321. The van der Waals surface area contributed by atoms with E-state index in [1.54, 1.807) is 36.4 Å². The predicted molar refractivity (Wildman–Crippen MR) is 138 cm³/mol. The van der Waals surface area contributed by atoms with Gasteiger partial charge in [-0.15, -0.1) is 0 Å². The Labute approximate surface area is 229 Å². The molecule has 0 spiro atoms. The van der Waals surface area contributed by atoms with Crippen molar-refractivity contribution in [1.82, 2.24) is 5.09 Å². The van der Waals surface area contributed by atoms with E-state index in [1.165, 1.54) is 24.3 Å². The van der Waals surface area contributed by atoms with E-state index in [-0.39, 0.29) is 12.2 Å². The van der Waals surface area contributed by atoms with Gasteiger partial charge in [0.2, 0.25) is 34.8 Å². The van der Waals surface area contributed by atoms with E-state index in [4.69, 9.17) is 13.8 Å². The minimum Gasteiger partial charge on any atom is -0.461 e. The van der Waals surface area contributed by atoms with Crippen LogP contribution < -0.4 is 14.1 Å². The van der Waals surface area contributed by atoms with Crippen LogP contribution in [-0.4, -0.2) is 18.1 Å². The highest BCUT2D eigenvalue weighted by molar-refractivity contribution is 7.52. The molecule has 0 aromatic heterocycles. The molecular formula is C28H29F5NO5P. The first-order chi connectivity index (χ1) is 19.1. The Morgan fingerprint density at radius 3 is 1.80 bits per heavy atom. The quantitative estimate of drug-likeness (QED) is 0.0689. The molecule has 0 aliphatic heterocycles. The number of nitrogens with one attached hydrogen (secondary N) is 1. The highest BCUT2D eigenvalue weighted by Crippen LogP contribution is 2.48. The van der Waals surface area contributed by atoms with Crippen LogP contribution in [-0.2, 0) is 20.5 Å². The van der Waals surface area contributed by atoms with Crippen LogP contribution in [0, 0.1) is 29.1 Å². The molecule has 2 atom stereocenters. The van der Waals surface area contributed by atoms with Crippen molar-refractivity contribution in [2.45, 2.75) is 58.1 Å². The average molecular weight is 586 g/mol. The molecule has 40 heavy (non-hydrogen) atoms. The van der Waals surface area contributed by atoms with Crippen LogP contribution in [0.3, 0.4) is 0 Å². The maximum atomic E-state index is 14.5. The van der Waals surface area contributed by atoms with Gasteiger partial charge in [-0.05, 0) is 37.0 Å². The summed E-state index contributed by atoms with van der Waals surface area (Å²) < 4.78 is 100. The molecule has 1 N–H and O–H groups in total. The molecule has 0 aliphatic carbocycles. The summed E-state index contributed by atoms with van der Waals surface area (Å²) in [5.41, 5.74) is 0.585. The molecule has 3 aromatic rings. The van der Waals surface area contributed by atoms with Crippen molar-refractivity contribution in [2.75, 3.05) is 0 Å². The topological polar surface area (TPSA) is 73.9 Å². The van der Waals surface area contributed by atoms with Crippen LogP contribution >= 0.6 is 7.75 Å². The van der Waals surface area contributed by atoms with E-state index in [2.05, 4.69) is 5.09 Å². The number of para-hydroxylation sites is 1. The largest absolute Gasteiger partial charge is 0.513 e. The first-order valence-electron chi connectivity index (χ1n) is 12.7. The number of ether oxygens (including phenoxy) is 1. The van der Waals surface area contributed by atoms with Gasteiger partial charge in [-0.3, -0.25) is 4.79 Å². The van der Waals surface area contributed by atoms with E-state index in [0.717, 1.165) is 0 Å². The van der Waals surface area contributed by atoms with Gasteiger partial charge in [0.25, 0.3) is 0 Å². The monoisotopic (exact) mass is 585 g/mol. The number of esters is 1. The molecular weight excluding hydrogens is 556 g/mol. The molecule has 0 radical (unpaired) electrons. The molecule has 0 saturated carbocycles. The third kappa shape index (κ3) is 8.05. The fourth-order valence-electron chi connectivity index (χ4n) is 3.85. The van der Waals surface area contributed by atoms with Gasteiger partial charge in [0.05, 0.1) is 0 Å². The van der Waals surface area contributed by atoms with E-state index in [0.29, 0.717) is 31.2 Å². The molecule has 216 valence electrons. The van der Waals surface area contributed by atoms with Crippen molar-refractivity contribution >= 4 is 13.7 Å². The zero-order chi connectivity index (χ0) is 29.3. The average Bonchev–Trinajstić information content (AvgIpc) is 2.94. The number of carbonyl (C=O) groups is 1. The normalized spacial score (nSPS) is 13.5. The van der Waals surface area contributed by atoms with Gasteiger partial charge in [0, 0.05) is 0 Å². The molecule has 0 fully saturated rings. The Morgan fingerprint density at radius 1 is 0.775 bits per heavy atom. The van der Waals surface area contributed by atoms with E-state index in [1.807, 2.05) is 13.8 Å².